The standard InChI is InChI=1S/C15H14BrN5O2/c1-8(15-18-9(2)21-23-15)17-14(22)13-7-12(19-20-13)10-3-5-11(16)6-4-10/h3-8H,1-2H3,(H,17,22)(H,19,20)/t8-/m0/s1. The first-order valence-electron chi connectivity index (χ1n) is 6.95. The zero-order chi connectivity index (χ0) is 16.4. The number of aryl methyl sites for hydroxylation is 1. The third kappa shape index (κ3) is 3.48. The third-order valence-corrected chi connectivity index (χ3v) is 3.75. The Balaban J connectivity index is 1.72. The van der Waals surface area contributed by atoms with Crippen LogP contribution in [-0.4, -0.2) is 26.2 Å². The summed E-state index contributed by atoms with van der Waals surface area (Å²) in [7, 11) is 0. The number of aromatic amines is 1. The van der Waals surface area contributed by atoms with Gasteiger partial charge in [-0.25, -0.2) is 0 Å². The van der Waals surface area contributed by atoms with Crippen LogP contribution in [0.15, 0.2) is 39.3 Å². The Morgan fingerprint density at radius 2 is 2.09 bits per heavy atom. The highest BCUT2D eigenvalue weighted by Gasteiger charge is 2.18. The largest absolute Gasteiger partial charge is 0.339 e. The quantitative estimate of drug-likeness (QED) is 0.730. The molecule has 3 rings (SSSR count). The fourth-order valence-corrected chi connectivity index (χ4v) is 2.30. The summed E-state index contributed by atoms with van der Waals surface area (Å²) in [6.07, 6.45) is 0. The fourth-order valence-electron chi connectivity index (χ4n) is 2.03. The van der Waals surface area contributed by atoms with Gasteiger partial charge >= 0.3 is 0 Å². The van der Waals surface area contributed by atoms with E-state index in [0.29, 0.717) is 23.1 Å². The van der Waals surface area contributed by atoms with Crippen molar-refractivity contribution in [2.45, 2.75) is 19.9 Å². The highest BCUT2D eigenvalue weighted by Crippen LogP contribution is 2.20. The highest BCUT2D eigenvalue weighted by atomic mass is 79.9. The molecular weight excluding hydrogens is 362 g/mol. The molecule has 0 saturated carbocycles. The summed E-state index contributed by atoms with van der Waals surface area (Å²) in [4.78, 5) is 16.3. The summed E-state index contributed by atoms with van der Waals surface area (Å²) in [5.74, 6) is 0.605. The van der Waals surface area contributed by atoms with Crippen LogP contribution in [0, 0.1) is 6.92 Å². The number of amides is 1. The summed E-state index contributed by atoms with van der Waals surface area (Å²) >= 11 is 3.39. The minimum atomic E-state index is -0.386. The Morgan fingerprint density at radius 1 is 1.35 bits per heavy atom. The van der Waals surface area contributed by atoms with Gasteiger partial charge in [-0.2, -0.15) is 10.1 Å². The van der Waals surface area contributed by atoms with E-state index in [2.05, 4.69) is 41.6 Å². The smallest absolute Gasteiger partial charge is 0.269 e. The number of carbonyl (C=O) groups is 1. The van der Waals surface area contributed by atoms with Crippen molar-refractivity contribution in [3.8, 4) is 11.3 Å². The van der Waals surface area contributed by atoms with E-state index in [1.54, 1.807) is 19.9 Å². The molecule has 0 fully saturated rings. The van der Waals surface area contributed by atoms with Crippen LogP contribution < -0.4 is 5.32 Å². The number of rotatable bonds is 4. The van der Waals surface area contributed by atoms with Crippen LogP contribution >= 0.6 is 15.9 Å². The molecule has 0 spiro atoms. The first-order chi connectivity index (χ1) is 11.0. The minimum Gasteiger partial charge on any atom is -0.339 e. The van der Waals surface area contributed by atoms with Gasteiger partial charge in [0.25, 0.3) is 5.91 Å². The number of aromatic nitrogens is 4. The molecule has 8 heteroatoms. The number of hydrogen-bond acceptors (Lipinski definition) is 5. The number of carbonyl (C=O) groups excluding carboxylic acids is 1. The van der Waals surface area contributed by atoms with E-state index in [-0.39, 0.29) is 11.9 Å². The second kappa shape index (κ2) is 6.33. The van der Waals surface area contributed by atoms with E-state index < -0.39 is 0 Å². The van der Waals surface area contributed by atoms with Crippen molar-refractivity contribution in [2.75, 3.05) is 0 Å². The molecule has 0 unspecified atom stereocenters. The van der Waals surface area contributed by atoms with Gasteiger partial charge in [0.05, 0.1) is 5.69 Å². The van der Waals surface area contributed by atoms with Crippen molar-refractivity contribution in [2.24, 2.45) is 0 Å². The Kier molecular flexibility index (Phi) is 4.24. The van der Waals surface area contributed by atoms with E-state index in [1.165, 1.54) is 0 Å². The third-order valence-electron chi connectivity index (χ3n) is 3.22. The Morgan fingerprint density at radius 3 is 2.74 bits per heavy atom. The summed E-state index contributed by atoms with van der Waals surface area (Å²) < 4.78 is 6.03. The maximum Gasteiger partial charge on any atom is 0.269 e. The first-order valence-corrected chi connectivity index (χ1v) is 7.74. The summed E-state index contributed by atoms with van der Waals surface area (Å²) in [5.41, 5.74) is 1.99. The van der Waals surface area contributed by atoms with Crippen LogP contribution in [0.3, 0.4) is 0 Å². The van der Waals surface area contributed by atoms with Crippen molar-refractivity contribution >= 4 is 21.8 Å². The van der Waals surface area contributed by atoms with Crippen LogP contribution in [0.25, 0.3) is 11.3 Å². The maximum absolute atomic E-state index is 12.3. The van der Waals surface area contributed by atoms with Crippen molar-refractivity contribution in [3.63, 3.8) is 0 Å². The van der Waals surface area contributed by atoms with Crippen molar-refractivity contribution in [1.29, 1.82) is 0 Å². The molecule has 1 amide bonds. The lowest BCUT2D eigenvalue weighted by molar-refractivity contribution is 0.0927. The predicted octanol–water partition coefficient (Wildman–Crippen LogP) is 3.02. The van der Waals surface area contributed by atoms with E-state index in [1.807, 2.05) is 24.3 Å². The molecule has 0 aliphatic rings. The van der Waals surface area contributed by atoms with Crippen LogP contribution in [0.4, 0.5) is 0 Å². The molecule has 2 N–H and O–H groups in total. The van der Waals surface area contributed by atoms with Gasteiger partial charge in [0.2, 0.25) is 5.89 Å². The molecule has 118 valence electrons. The number of H-pyrrole nitrogens is 1. The average Bonchev–Trinajstić information content (AvgIpc) is 3.17. The lowest BCUT2D eigenvalue weighted by Gasteiger charge is -2.07. The van der Waals surface area contributed by atoms with Gasteiger partial charge in [0.1, 0.15) is 11.7 Å². The second-order valence-corrected chi connectivity index (χ2v) is 5.96. The summed E-state index contributed by atoms with van der Waals surface area (Å²) in [6, 6.07) is 9.00. The Bertz CT molecular complexity index is 825. The molecule has 0 saturated heterocycles. The molecule has 0 aliphatic heterocycles. The molecular formula is C15H14BrN5O2. The van der Waals surface area contributed by atoms with E-state index in [4.69, 9.17) is 4.52 Å². The predicted molar refractivity (Wildman–Crippen MR) is 86.6 cm³/mol. The van der Waals surface area contributed by atoms with Gasteiger partial charge in [0, 0.05) is 10.0 Å². The fraction of sp³-hybridized carbons (Fsp3) is 0.200. The highest BCUT2D eigenvalue weighted by molar-refractivity contribution is 9.10. The van der Waals surface area contributed by atoms with Crippen molar-refractivity contribution < 1.29 is 9.32 Å². The van der Waals surface area contributed by atoms with Gasteiger partial charge < -0.3 is 9.84 Å². The zero-order valence-electron chi connectivity index (χ0n) is 12.5. The number of halogens is 1. The molecule has 2 heterocycles. The SMILES string of the molecule is Cc1noc([C@H](C)NC(=O)c2cc(-c3ccc(Br)cc3)n[nH]2)n1. The molecule has 0 radical (unpaired) electrons. The van der Waals surface area contributed by atoms with Gasteiger partial charge in [-0.1, -0.05) is 33.2 Å². The van der Waals surface area contributed by atoms with Crippen molar-refractivity contribution in [3.05, 3.63) is 52.2 Å². The topological polar surface area (TPSA) is 96.7 Å². The maximum atomic E-state index is 12.3. The lowest BCUT2D eigenvalue weighted by Crippen LogP contribution is -2.27. The van der Waals surface area contributed by atoms with Crippen LogP contribution in [0.1, 0.15) is 35.2 Å². The lowest BCUT2D eigenvalue weighted by atomic mass is 10.1. The van der Waals surface area contributed by atoms with Gasteiger partial charge in [-0.3, -0.25) is 9.89 Å². The Labute approximate surface area is 140 Å². The van der Waals surface area contributed by atoms with E-state index in [9.17, 15) is 4.79 Å². The summed E-state index contributed by atoms with van der Waals surface area (Å²) in [5, 5.41) is 13.4. The monoisotopic (exact) mass is 375 g/mol. The minimum absolute atomic E-state index is 0.288. The molecule has 2 aromatic heterocycles. The van der Waals surface area contributed by atoms with Gasteiger partial charge in [-0.15, -0.1) is 0 Å². The number of nitrogens with one attached hydrogen (secondary N) is 2. The second-order valence-electron chi connectivity index (χ2n) is 5.05. The molecule has 23 heavy (non-hydrogen) atoms. The number of nitrogens with zero attached hydrogens (tertiary/aromatic N) is 3. The molecule has 0 aliphatic carbocycles. The van der Waals surface area contributed by atoms with Crippen LogP contribution in [-0.2, 0) is 0 Å². The van der Waals surface area contributed by atoms with Gasteiger partial charge in [0.15, 0.2) is 5.82 Å². The summed E-state index contributed by atoms with van der Waals surface area (Å²) in [6.45, 7) is 3.50. The zero-order valence-corrected chi connectivity index (χ0v) is 14.1. The first kappa shape index (κ1) is 15.4. The number of hydrogen-bond donors (Lipinski definition) is 2. The van der Waals surface area contributed by atoms with Crippen LogP contribution in [0.5, 0.6) is 0 Å². The van der Waals surface area contributed by atoms with Crippen LogP contribution in [0.2, 0.25) is 0 Å². The molecule has 3 aromatic rings. The van der Waals surface area contributed by atoms with Gasteiger partial charge in [-0.05, 0) is 32.0 Å². The van der Waals surface area contributed by atoms with E-state index in [0.717, 1.165) is 10.0 Å². The number of benzene rings is 1. The molecule has 0 bridgehead atoms. The molecule has 1 atom stereocenters. The molecule has 7 nitrogen and oxygen atoms in total. The average molecular weight is 376 g/mol. The van der Waals surface area contributed by atoms with Crippen molar-refractivity contribution in [1.82, 2.24) is 25.7 Å². The molecule has 1 aromatic carbocycles. The Hall–Kier alpha value is -2.48. The normalized spacial score (nSPS) is 12.1. The van der Waals surface area contributed by atoms with E-state index >= 15 is 0 Å².